The van der Waals surface area contributed by atoms with E-state index in [0.29, 0.717) is 13.1 Å². The summed E-state index contributed by atoms with van der Waals surface area (Å²) in [6.45, 7) is 3.28. The Morgan fingerprint density at radius 3 is 2.74 bits per heavy atom. The van der Waals surface area contributed by atoms with Crippen LogP contribution >= 0.6 is 11.3 Å². The number of carbonyl (C=O) groups is 1. The van der Waals surface area contributed by atoms with Crippen molar-refractivity contribution >= 4 is 17.3 Å². The number of likely N-dealkylation sites (N-methyl/N-ethyl adjacent to an activating group) is 1. The van der Waals surface area contributed by atoms with Gasteiger partial charge in [-0.05, 0) is 6.54 Å². The van der Waals surface area contributed by atoms with Crippen LogP contribution in [0.2, 0.25) is 0 Å². The molecule has 2 rings (SSSR count). The van der Waals surface area contributed by atoms with Crippen molar-refractivity contribution in [3.05, 3.63) is 41.4 Å². The zero-order chi connectivity index (χ0) is 13.7. The van der Waals surface area contributed by atoms with Crippen LogP contribution in [-0.4, -0.2) is 34.0 Å². The summed E-state index contributed by atoms with van der Waals surface area (Å²) >= 11 is 1.59. The highest BCUT2D eigenvalue weighted by molar-refractivity contribution is 7.13. The van der Waals surface area contributed by atoms with Crippen molar-refractivity contribution in [2.24, 2.45) is 0 Å². The second-order valence-electron chi connectivity index (χ2n) is 4.21. The van der Waals surface area contributed by atoms with E-state index >= 15 is 0 Å². The van der Waals surface area contributed by atoms with E-state index in [1.54, 1.807) is 11.3 Å². The predicted molar refractivity (Wildman–Crippen MR) is 76.1 cm³/mol. The fourth-order valence-corrected chi connectivity index (χ4v) is 2.61. The van der Waals surface area contributed by atoms with Crippen molar-refractivity contribution < 1.29 is 9.90 Å². The van der Waals surface area contributed by atoms with Gasteiger partial charge in [0.1, 0.15) is 5.01 Å². The molecule has 0 amide bonds. The van der Waals surface area contributed by atoms with Gasteiger partial charge in [-0.1, -0.05) is 37.3 Å². The summed E-state index contributed by atoms with van der Waals surface area (Å²) in [5.41, 5.74) is 2.02. The quantitative estimate of drug-likeness (QED) is 0.881. The van der Waals surface area contributed by atoms with E-state index in [2.05, 4.69) is 4.98 Å². The van der Waals surface area contributed by atoms with Crippen LogP contribution in [0, 0.1) is 0 Å². The molecule has 0 radical (unpaired) electrons. The van der Waals surface area contributed by atoms with Gasteiger partial charge in [0, 0.05) is 17.5 Å². The lowest BCUT2D eigenvalue weighted by molar-refractivity contribution is -0.138. The van der Waals surface area contributed by atoms with Crippen LogP contribution in [0.4, 0.5) is 0 Å². The van der Waals surface area contributed by atoms with Gasteiger partial charge >= 0.3 is 5.97 Å². The minimum Gasteiger partial charge on any atom is -0.480 e. The Labute approximate surface area is 116 Å². The molecule has 1 N–H and O–H groups in total. The largest absolute Gasteiger partial charge is 0.480 e. The summed E-state index contributed by atoms with van der Waals surface area (Å²) in [7, 11) is 0. The van der Waals surface area contributed by atoms with Gasteiger partial charge in [-0.3, -0.25) is 9.69 Å². The third-order valence-electron chi connectivity index (χ3n) is 2.76. The van der Waals surface area contributed by atoms with Gasteiger partial charge in [-0.2, -0.15) is 0 Å². The monoisotopic (exact) mass is 276 g/mol. The van der Waals surface area contributed by atoms with Crippen molar-refractivity contribution in [2.45, 2.75) is 13.5 Å². The molecule has 2 aromatic rings. The molecule has 1 aromatic heterocycles. The highest BCUT2D eigenvalue weighted by atomic mass is 32.1. The lowest BCUT2D eigenvalue weighted by Crippen LogP contribution is -2.29. The summed E-state index contributed by atoms with van der Waals surface area (Å²) in [5.74, 6) is -0.805. The van der Waals surface area contributed by atoms with E-state index in [4.69, 9.17) is 5.11 Å². The molecule has 0 aliphatic heterocycles. The van der Waals surface area contributed by atoms with Gasteiger partial charge in [0.05, 0.1) is 12.2 Å². The number of carboxylic acids is 1. The third-order valence-corrected chi connectivity index (χ3v) is 3.70. The Morgan fingerprint density at radius 1 is 1.37 bits per heavy atom. The van der Waals surface area contributed by atoms with Crippen LogP contribution in [0.3, 0.4) is 0 Å². The molecule has 0 aliphatic rings. The maximum atomic E-state index is 10.7. The first-order valence-electron chi connectivity index (χ1n) is 6.13. The van der Waals surface area contributed by atoms with Gasteiger partial charge in [0.2, 0.25) is 0 Å². The second-order valence-corrected chi connectivity index (χ2v) is 5.07. The molecule has 0 unspecified atom stereocenters. The number of thiazole rings is 1. The minimum absolute atomic E-state index is 0.0503. The first-order valence-corrected chi connectivity index (χ1v) is 7.01. The molecule has 19 heavy (non-hydrogen) atoms. The van der Waals surface area contributed by atoms with E-state index < -0.39 is 5.97 Å². The number of carboxylic acid groups (broad SMARTS) is 1. The van der Waals surface area contributed by atoms with Crippen molar-refractivity contribution in [1.82, 2.24) is 9.88 Å². The average molecular weight is 276 g/mol. The SMILES string of the molecule is CCN(CC(=O)O)Cc1csc(-c2ccccc2)n1. The van der Waals surface area contributed by atoms with Gasteiger partial charge in [-0.25, -0.2) is 4.98 Å². The molecule has 4 nitrogen and oxygen atoms in total. The molecule has 0 aliphatic carbocycles. The number of aromatic nitrogens is 1. The van der Waals surface area contributed by atoms with Crippen LogP contribution in [0.5, 0.6) is 0 Å². The van der Waals surface area contributed by atoms with Gasteiger partial charge < -0.3 is 5.11 Å². The van der Waals surface area contributed by atoms with Crippen LogP contribution < -0.4 is 0 Å². The number of rotatable bonds is 6. The fraction of sp³-hybridized carbons (Fsp3) is 0.286. The second kappa shape index (κ2) is 6.45. The van der Waals surface area contributed by atoms with Gasteiger partial charge in [-0.15, -0.1) is 11.3 Å². The molecule has 1 aromatic carbocycles. The van der Waals surface area contributed by atoms with Crippen molar-refractivity contribution in [2.75, 3.05) is 13.1 Å². The third kappa shape index (κ3) is 3.87. The molecule has 0 bridgehead atoms. The molecule has 100 valence electrons. The minimum atomic E-state index is -0.805. The first-order chi connectivity index (χ1) is 9.19. The Balaban J connectivity index is 2.07. The van der Waals surface area contributed by atoms with Crippen LogP contribution in [0.1, 0.15) is 12.6 Å². The molecule has 0 saturated heterocycles. The maximum absolute atomic E-state index is 10.7. The molecule has 5 heteroatoms. The maximum Gasteiger partial charge on any atom is 0.317 e. The Morgan fingerprint density at radius 2 is 2.11 bits per heavy atom. The van der Waals surface area contributed by atoms with Crippen molar-refractivity contribution in [1.29, 1.82) is 0 Å². The molecular formula is C14H16N2O2S. The molecule has 0 atom stereocenters. The van der Waals surface area contributed by atoms with E-state index in [0.717, 1.165) is 16.3 Å². The summed E-state index contributed by atoms with van der Waals surface area (Å²) in [4.78, 5) is 17.1. The van der Waals surface area contributed by atoms with Crippen LogP contribution in [0.15, 0.2) is 35.7 Å². The van der Waals surface area contributed by atoms with E-state index in [9.17, 15) is 4.79 Å². The lowest BCUT2D eigenvalue weighted by atomic mass is 10.2. The van der Waals surface area contributed by atoms with E-state index in [1.807, 2.05) is 47.5 Å². The summed E-state index contributed by atoms with van der Waals surface area (Å²) < 4.78 is 0. The number of benzene rings is 1. The zero-order valence-corrected chi connectivity index (χ0v) is 11.6. The van der Waals surface area contributed by atoms with Crippen LogP contribution in [0.25, 0.3) is 10.6 Å². The summed E-state index contributed by atoms with van der Waals surface area (Å²) in [6.07, 6.45) is 0. The van der Waals surface area contributed by atoms with E-state index in [-0.39, 0.29) is 6.54 Å². The molecule has 0 saturated carbocycles. The Bertz CT molecular complexity index is 539. The van der Waals surface area contributed by atoms with Gasteiger partial charge in [0.15, 0.2) is 0 Å². The molecule has 0 fully saturated rings. The van der Waals surface area contributed by atoms with Gasteiger partial charge in [0.25, 0.3) is 0 Å². The number of hydrogen-bond acceptors (Lipinski definition) is 4. The molecule has 0 spiro atoms. The zero-order valence-electron chi connectivity index (χ0n) is 10.7. The highest BCUT2D eigenvalue weighted by Crippen LogP contribution is 2.23. The Hall–Kier alpha value is -1.72. The standard InChI is InChI=1S/C14H16N2O2S/c1-2-16(9-13(17)18)8-12-10-19-14(15-12)11-6-4-3-5-7-11/h3-7,10H,2,8-9H2,1H3,(H,17,18). The lowest BCUT2D eigenvalue weighted by Gasteiger charge is -2.15. The summed E-state index contributed by atoms with van der Waals surface area (Å²) in [5, 5.41) is 11.8. The topological polar surface area (TPSA) is 53.4 Å². The predicted octanol–water partition coefficient (Wildman–Crippen LogP) is 2.72. The van der Waals surface area contributed by atoms with E-state index in [1.165, 1.54) is 0 Å². The van der Waals surface area contributed by atoms with Crippen LogP contribution in [-0.2, 0) is 11.3 Å². The van der Waals surface area contributed by atoms with Crippen molar-refractivity contribution in [3.63, 3.8) is 0 Å². The number of nitrogens with zero attached hydrogens (tertiary/aromatic N) is 2. The highest BCUT2D eigenvalue weighted by Gasteiger charge is 2.11. The number of hydrogen-bond donors (Lipinski definition) is 1. The normalized spacial score (nSPS) is 10.8. The smallest absolute Gasteiger partial charge is 0.317 e. The average Bonchev–Trinajstić information content (AvgIpc) is 2.87. The number of aliphatic carboxylic acids is 1. The molecule has 1 heterocycles. The first kappa shape index (κ1) is 13.7. The Kier molecular flexibility index (Phi) is 4.65. The summed E-state index contributed by atoms with van der Waals surface area (Å²) in [6, 6.07) is 10.00. The fourth-order valence-electron chi connectivity index (χ4n) is 1.79. The van der Waals surface area contributed by atoms with Crippen molar-refractivity contribution in [3.8, 4) is 10.6 Å². The molecular weight excluding hydrogens is 260 g/mol.